The molecule has 0 saturated heterocycles. The summed E-state index contributed by atoms with van der Waals surface area (Å²) in [6.45, 7) is 0. The first-order valence-corrected chi connectivity index (χ1v) is 4.15. The van der Waals surface area contributed by atoms with E-state index in [1.54, 1.807) is 18.4 Å². The number of fused-ring (bicyclic) bond motifs is 1. The number of methoxy groups -OCH3 is 1. The summed E-state index contributed by atoms with van der Waals surface area (Å²) in [4.78, 5) is 11.3. The summed E-state index contributed by atoms with van der Waals surface area (Å²) in [6, 6.07) is 0. The van der Waals surface area contributed by atoms with Crippen LogP contribution in [0.4, 0.5) is 0 Å². The van der Waals surface area contributed by atoms with E-state index in [9.17, 15) is 9.90 Å². The molecular formula is C9H10N2O3. The molecule has 0 aromatic carbocycles. The van der Waals surface area contributed by atoms with E-state index in [2.05, 4.69) is 15.4 Å². The molecule has 0 fully saturated rings. The highest BCUT2D eigenvalue weighted by atomic mass is 16.5. The highest BCUT2D eigenvalue weighted by Gasteiger charge is 2.33. The van der Waals surface area contributed by atoms with Gasteiger partial charge in [0.15, 0.2) is 6.23 Å². The van der Waals surface area contributed by atoms with Gasteiger partial charge in [-0.05, 0) is 12.2 Å². The number of esters is 1. The summed E-state index contributed by atoms with van der Waals surface area (Å²) in [5, 5.41) is 15.2. The van der Waals surface area contributed by atoms with Gasteiger partial charge in [-0.15, -0.1) is 0 Å². The van der Waals surface area contributed by atoms with Gasteiger partial charge in [-0.1, -0.05) is 0 Å². The van der Waals surface area contributed by atoms with E-state index in [4.69, 9.17) is 0 Å². The quantitative estimate of drug-likeness (QED) is 0.483. The molecule has 5 heteroatoms. The molecule has 1 unspecified atom stereocenters. The summed E-state index contributed by atoms with van der Waals surface area (Å²) in [7, 11) is 1.28. The molecule has 0 aromatic heterocycles. The molecule has 0 aromatic rings. The van der Waals surface area contributed by atoms with Crippen LogP contribution in [-0.2, 0) is 9.53 Å². The minimum Gasteiger partial charge on any atom is -0.465 e. The van der Waals surface area contributed by atoms with Crippen molar-refractivity contribution < 1.29 is 14.6 Å². The van der Waals surface area contributed by atoms with Gasteiger partial charge in [0, 0.05) is 6.20 Å². The minimum atomic E-state index is -1.00. The van der Waals surface area contributed by atoms with Gasteiger partial charge in [0.25, 0.3) is 0 Å². The monoisotopic (exact) mass is 194 g/mol. The van der Waals surface area contributed by atoms with Crippen LogP contribution in [0, 0.1) is 0 Å². The third-order valence-electron chi connectivity index (χ3n) is 2.10. The van der Waals surface area contributed by atoms with E-state index in [1.807, 2.05) is 0 Å². The smallest absolute Gasteiger partial charge is 0.340 e. The molecule has 2 aliphatic heterocycles. The summed E-state index contributed by atoms with van der Waals surface area (Å²) in [5.74, 6) is -0.536. The fraction of sp³-hybridized carbons (Fsp3) is 0.222. The lowest BCUT2D eigenvalue weighted by atomic mass is 10.2. The van der Waals surface area contributed by atoms with Crippen molar-refractivity contribution in [3.05, 3.63) is 35.3 Å². The van der Waals surface area contributed by atoms with Gasteiger partial charge in [-0.3, -0.25) is 0 Å². The molecule has 0 spiro atoms. The van der Waals surface area contributed by atoms with Crippen molar-refractivity contribution in [1.29, 1.82) is 0 Å². The highest BCUT2D eigenvalue weighted by molar-refractivity contribution is 5.92. The molecule has 74 valence electrons. The Hall–Kier alpha value is -1.75. The lowest BCUT2D eigenvalue weighted by Gasteiger charge is -2.08. The number of hydrogen-bond acceptors (Lipinski definition) is 5. The van der Waals surface area contributed by atoms with Crippen LogP contribution in [0.3, 0.4) is 0 Å². The topological polar surface area (TPSA) is 70.6 Å². The molecular weight excluding hydrogens is 184 g/mol. The molecule has 5 nitrogen and oxygen atoms in total. The standard InChI is InChI=1S/C9H10N2O3/c1-14-9(13)6-7-5(11-8(6)12)3-2-4-10-7/h2-4,8,10-12H,1H3. The molecule has 2 rings (SSSR count). The average molecular weight is 194 g/mol. The Morgan fingerprint density at radius 1 is 1.64 bits per heavy atom. The largest absolute Gasteiger partial charge is 0.465 e. The molecule has 0 bridgehead atoms. The van der Waals surface area contributed by atoms with E-state index in [-0.39, 0.29) is 5.57 Å². The first-order chi connectivity index (χ1) is 6.74. The number of carbonyl (C=O) groups excluding carboxylic acids is 1. The Morgan fingerprint density at radius 3 is 3.14 bits per heavy atom. The number of hydrogen-bond donors (Lipinski definition) is 3. The molecule has 0 saturated carbocycles. The van der Waals surface area contributed by atoms with Crippen molar-refractivity contribution in [1.82, 2.24) is 10.6 Å². The fourth-order valence-corrected chi connectivity index (χ4v) is 1.46. The Labute approximate surface area is 80.7 Å². The highest BCUT2D eigenvalue weighted by Crippen LogP contribution is 2.23. The predicted molar refractivity (Wildman–Crippen MR) is 48.5 cm³/mol. The number of carbonyl (C=O) groups is 1. The predicted octanol–water partition coefficient (Wildman–Crippen LogP) is -0.664. The molecule has 14 heavy (non-hydrogen) atoms. The van der Waals surface area contributed by atoms with Gasteiger partial charge in [0.2, 0.25) is 0 Å². The summed E-state index contributed by atoms with van der Waals surface area (Å²) in [6.07, 6.45) is 4.22. The Balaban J connectivity index is 2.41. The second kappa shape index (κ2) is 3.19. The maximum Gasteiger partial charge on any atom is 0.340 e. The van der Waals surface area contributed by atoms with Crippen molar-refractivity contribution in [2.45, 2.75) is 6.23 Å². The lowest BCUT2D eigenvalue weighted by Crippen LogP contribution is -2.26. The number of ether oxygens (including phenoxy) is 1. The van der Waals surface area contributed by atoms with Gasteiger partial charge < -0.3 is 20.5 Å². The molecule has 0 radical (unpaired) electrons. The van der Waals surface area contributed by atoms with Crippen LogP contribution in [0.5, 0.6) is 0 Å². The zero-order chi connectivity index (χ0) is 10.1. The van der Waals surface area contributed by atoms with Gasteiger partial charge >= 0.3 is 5.97 Å². The summed E-state index contributed by atoms with van der Waals surface area (Å²) in [5.41, 5.74) is 1.48. The number of allylic oxidation sites excluding steroid dienone is 2. The number of aliphatic hydroxyl groups is 1. The zero-order valence-electron chi connectivity index (χ0n) is 7.57. The zero-order valence-corrected chi connectivity index (χ0v) is 7.57. The second-order valence-electron chi connectivity index (χ2n) is 2.91. The maximum atomic E-state index is 11.3. The number of rotatable bonds is 1. The third kappa shape index (κ3) is 1.18. The van der Waals surface area contributed by atoms with Crippen LogP contribution in [0.15, 0.2) is 35.3 Å². The molecule has 0 aliphatic carbocycles. The van der Waals surface area contributed by atoms with E-state index < -0.39 is 12.2 Å². The lowest BCUT2D eigenvalue weighted by molar-refractivity contribution is -0.137. The van der Waals surface area contributed by atoms with E-state index in [0.29, 0.717) is 11.4 Å². The molecule has 1 atom stereocenters. The van der Waals surface area contributed by atoms with Crippen LogP contribution in [0.1, 0.15) is 0 Å². The molecule has 3 N–H and O–H groups in total. The fourth-order valence-electron chi connectivity index (χ4n) is 1.46. The first-order valence-electron chi connectivity index (χ1n) is 4.15. The van der Waals surface area contributed by atoms with Gasteiger partial charge in [0.05, 0.1) is 18.5 Å². The van der Waals surface area contributed by atoms with Crippen LogP contribution >= 0.6 is 0 Å². The maximum absolute atomic E-state index is 11.3. The number of dihydropyridines is 1. The Kier molecular flexibility index (Phi) is 2.01. The third-order valence-corrected chi connectivity index (χ3v) is 2.10. The number of aliphatic hydroxyl groups excluding tert-OH is 1. The summed E-state index contributed by atoms with van der Waals surface area (Å²) >= 11 is 0. The molecule has 2 heterocycles. The minimum absolute atomic E-state index is 0.211. The van der Waals surface area contributed by atoms with E-state index >= 15 is 0 Å². The van der Waals surface area contributed by atoms with Crippen LogP contribution in [0.25, 0.3) is 0 Å². The van der Waals surface area contributed by atoms with E-state index in [0.717, 1.165) is 0 Å². The van der Waals surface area contributed by atoms with Gasteiger partial charge in [0.1, 0.15) is 5.57 Å². The number of nitrogens with one attached hydrogen (secondary N) is 2. The second-order valence-corrected chi connectivity index (χ2v) is 2.91. The van der Waals surface area contributed by atoms with Crippen LogP contribution in [-0.4, -0.2) is 24.4 Å². The van der Waals surface area contributed by atoms with Crippen molar-refractivity contribution in [2.75, 3.05) is 7.11 Å². The van der Waals surface area contributed by atoms with Crippen LogP contribution < -0.4 is 10.6 Å². The van der Waals surface area contributed by atoms with E-state index in [1.165, 1.54) is 7.11 Å². The SMILES string of the molecule is COC(=O)C1=C2NC=CC=C2NC1O. The summed E-state index contributed by atoms with van der Waals surface area (Å²) < 4.78 is 4.57. The molecule has 0 amide bonds. The Bertz CT molecular complexity index is 368. The Morgan fingerprint density at radius 2 is 2.43 bits per heavy atom. The average Bonchev–Trinajstić information content (AvgIpc) is 2.53. The van der Waals surface area contributed by atoms with Crippen molar-refractivity contribution in [3.63, 3.8) is 0 Å². The normalized spacial score (nSPS) is 23.6. The van der Waals surface area contributed by atoms with Gasteiger partial charge in [-0.2, -0.15) is 0 Å². The molecule has 2 aliphatic rings. The van der Waals surface area contributed by atoms with Crippen molar-refractivity contribution in [2.24, 2.45) is 0 Å². The van der Waals surface area contributed by atoms with Crippen molar-refractivity contribution in [3.8, 4) is 0 Å². The van der Waals surface area contributed by atoms with Crippen LogP contribution in [0.2, 0.25) is 0 Å². The van der Waals surface area contributed by atoms with Gasteiger partial charge in [-0.25, -0.2) is 4.79 Å². The first kappa shape index (κ1) is 8.83. The van der Waals surface area contributed by atoms with Crippen molar-refractivity contribution >= 4 is 5.97 Å².